The SMILES string of the molecule is N[C@H](c1ccc2ccc3cccc4ccc1c2c34)C1CCCC1. The summed E-state index contributed by atoms with van der Waals surface area (Å²) < 4.78 is 0. The third kappa shape index (κ3) is 1.90. The summed E-state index contributed by atoms with van der Waals surface area (Å²) in [6.07, 6.45) is 5.24. The second-order valence-corrected chi connectivity index (χ2v) is 7.08. The van der Waals surface area contributed by atoms with Crippen LogP contribution < -0.4 is 5.73 Å². The van der Waals surface area contributed by atoms with E-state index in [0.717, 1.165) is 0 Å². The molecular formula is C22H21N. The van der Waals surface area contributed by atoms with E-state index in [2.05, 4.69) is 54.6 Å². The fraction of sp³-hybridized carbons (Fsp3) is 0.273. The van der Waals surface area contributed by atoms with E-state index in [-0.39, 0.29) is 6.04 Å². The predicted octanol–water partition coefficient (Wildman–Crippen LogP) is 5.77. The Balaban J connectivity index is 1.84. The van der Waals surface area contributed by atoms with Crippen molar-refractivity contribution in [2.45, 2.75) is 31.7 Å². The molecule has 0 amide bonds. The molecule has 1 atom stereocenters. The molecule has 0 spiro atoms. The maximum atomic E-state index is 6.70. The number of benzene rings is 4. The Morgan fingerprint density at radius 3 is 2.09 bits per heavy atom. The fourth-order valence-corrected chi connectivity index (χ4v) is 4.62. The molecule has 1 nitrogen and oxygen atoms in total. The predicted molar refractivity (Wildman–Crippen MR) is 99.0 cm³/mol. The molecule has 1 aliphatic rings. The van der Waals surface area contributed by atoms with Gasteiger partial charge in [0, 0.05) is 6.04 Å². The van der Waals surface area contributed by atoms with Crippen LogP contribution in [0.5, 0.6) is 0 Å². The van der Waals surface area contributed by atoms with E-state index in [1.807, 2.05) is 0 Å². The number of hydrogen-bond donors (Lipinski definition) is 1. The van der Waals surface area contributed by atoms with Crippen LogP contribution in [0, 0.1) is 5.92 Å². The van der Waals surface area contributed by atoms with E-state index >= 15 is 0 Å². The quantitative estimate of drug-likeness (QED) is 0.467. The van der Waals surface area contributed by atoms with E-state index < -0.39 is 0 Å². The highest BCUT2D eigenvalue weighted by atomic mass is 14.7. The molecule has 4 aromatic carbocycles. The lowest BCUT2D eigenvalue weighted by Gasteiger charge is -2.22. The van der Waals surface area contributed by atoms with Gasteiger partial charge in [0.2, 0.25) is 0 Å². The molecule has 1 fully saturated rings. The minimum atomic E-state index is 0.169. The van der Waals surface area contributed by atoms with Crippen LogP contribution in [0.15, 0.2) is 54.6 Å². The number of hydrogen-bond acceptors (Lipinski definition) is 1. The first-order valence-electron chi connectivity index (χ1n) is 8.75. The van der Waals surface area contributed by atoms with Crippen molar-refractivity contribution in [3.63, 3.8) is 0 Å². The molecule has 1 saturated carbocycles. The summed E-state index contributed by atoms with van der Waals surface area (Å²) in [5.74, 6) is 0.647. The van der Waals surface area contributed by atoms with Crippen LogP contribution in [0.4, 0.5) is 0 Å². The topological polar surface area (TPSA) is 26.0 Å². The van der Waals surface area contributed by atoms with Gasteiger partial charge < -0.3 is 5.73 Å². The van der Waals surface area contributed by atoms with Crippen molar-refractivity contribution >= 4 is 32.3 Å². The van der Waals surface area contributed by atoms with Crippen LogP contribution in [0.1, 0.15) is 37.3 Å². The first kappa shape index (κ1) is 13.3. The van der Waals surface area contributed by atoms with Gasteiger partial charge in [0.25, 0.3) is 0 Å². The third-order valence-corrected chi connectivity index (χ3v) is 5.83. The summed E-state index contributed by atoms with van der Waals surface area (Å²) in [5.41, 5.74) is 8.03. The summed E-state index contributed by atoms with van der Waals surface area (Å²) in [5, 5.41) is 8.12. The number of nitrogens with two attached hydrogens (primary N) is 1. The lowest BCUT2D eigenvalue weighted by Crippen LogP contribution is -2.19. The molecule has 0 unspecified atom stereocenters. The van der Waals surface area contributed by atoms with Crippen LogP contribution in [0.3, 0.4) is 0 Å². The molecule has 2 N–H and O–H groups in total. The molecule has 1 heteroatoms. The summed E-state index contributed by atoms with van der Waals surface area (Å²) >= 11 is 0. The van der Waals surface area contributed by atoms with Crippen molar-refractivity contribution in [2.75, 3.05) is 0 Å². The smallest absolute Gasteiger partial charge is 0.0329 e. The molecule has 0 bridgehead atoms. The Bertz CT molecular complexity index is 979. The number of rotatable bonds is 2. The third-order valence-electron chi connectivity index (χ3n) is 5.83. The van der Waals surface area contributed by atoms with Crippen molar-refractivity contribution in [1.29, 1.82) is 0 Å². The van der Waals surface area contributed by atoms with Crippen molar-refractivity contribution in [3.8, 4) is 0 Å². The fourth-order valence-electron chi connectivity index (χ4n) is 4.62. The highest BCUT2D eigenvalue weighted by Crippen LogP contribution is 2.41. The van der Waals surface area contributed by atoms with E-state index in [1.54, 1.807) is 0 Å². The molecule has 1 aliphatic carbocycles. The zero-order chi connectivity index (χ0) is 15.4. The molecule has 0 heterocycles. The van der Waals surface area contributed by atoms with Gasteiger partial charge in [-0.2, -0.15) is 0 Å². The zero-order valence-electron chi connectivity index (χ0n) is 13.3. The van der Waals surface area contributed by atoms with Crippen LogP contribution in [0.2, 0.25) is 0 Å². The van der Waals surface area contributed by atoms with Gasteiger partial charge in [0.05, 0.1) is 0 Å². The molecule has 0 aliphatic heterocycles. The van der Waals surface area contributed by atoms with Gasteiger partial charge in [-0.1, -0.05) is 67.4 Å². The zero-order valence-corrected chi connectivity index (χ0v) is 13.3. The summed E-state index contributed by atoms with van der Waals surface area (Å²) in [6.45, 7) is 0. The van der Waals surface area contributed by atoms with Gasteiger partial charge in [-0.15, -0.1) is 0 Å². The van der Waals surface area contributed by atoms with Gasteiger partial charge in [-0.3, -0.25) is 0 Å². The average Bonchev–Trinajstić information content (AvgIpc) is 3.13. The van der Waals surface area contributed by atoms with Gasteiger partial charge in [0.15, 0.2) is 0 Å². The van der Waals surface area contributed by atoms with Gasteiger partial charge in [-0.05, 0) is 56.6 Å². The first-order chi connectivity index (χ1) is 11.3. The normalized spacial score (nSPS) is 17.6. The molecule has 0 saturated heterocycles. The molecule has 23 heavy (non-hydrogen) atoms. The second kappa shape index (κ2) is 4.94. The van der Waals surface area contributed by atoms with Crippen molar-refractivity contribution < 1.29 is 0 Å². The molecule has 5 rings (SSSR count). The minimum Gasteiger partial charge on any atom is -0.324 e. The highest BCUT2D eigenvalue weighted by Gasteiger charge is 2.25. The molecular weight excluding hydrogens is 278 g/mol. The van der Waals surface area contributed by atoms with Gasteiger partial charge in [0.1, 0.15) is 0 Å². The van der Waals surface area contributed by atoms with Crippen LogP contribution in [0.25, 0.3) is 32.3 Å². The standard InChI is InChI=1S/C22H21N/c23-22(17-4-1-2-5-17)19-13-11-16-9-8-14-6-3-7-15-10-12-18(19)21(16)20(14)15/h3,6-13,17,22H,1-2,4-5,23H2/t22-/m0/s1. The minimum absolute atomic E-state index is 0.169. The Morgan fingerprint density at radius 2 is 1.35 bits per heavy atom. The largest absolute Gasteiger partial charge is 0.324 e. The van der Waals surface area contributed by atoms with E-state index in [1.165, 1.54) is 63.6 Å². The first-order valence-corrected chi connectivity index (χ1v) is 8.75. The lowest BCUT2D eigenvalue weighted by molar-refractivity contribution is 0.447. The Hall–Kier alpha value is -2.12. The van der Waals surface area contributed by atoms with E-state index in [0.29, 0.717) is 5.92 Å². The maximum absolute atomic E-state index is 6.70. The van der Waals surface area contributed by atoms with Crippen LogP contribution in [-0.4, -0.2) is 0 Å². The van der Waals surface area contributed by atoms with Crippen LogP contribution >= 0.6 is 0 Å². The van der Waals surface area contributed by atoms with Gasteiger partial charge >= 0.3 is 0 Å². The lowest BCUT2D eigenvalue weighted by atomic mass is 9.86. The Kier molecular flexibility index (Phi) is 2.86. The molecule has 114 valence electrons. The average molecular weight is 299 g/mol. The van der Waals surface area contributed by atoms with Crippen molar-refractivity contribution in [1.82, 2.24) is 0 Å². The summed E-state index contributed by atoms with van der Waals surface area (Å²) in [6, 6.07) is 20.3. The summed E-state index contributed by atoms with van der Waals surface area (Å²) in [7, 11) is 0. The Morgan fingerprint density at radius 1 is 0.739 bits per heavy atom. The van der Waals surface area contributed by atoms with Gasteiger partial charge in [-0.25, -0.2) is 0 Å². The maximum Gasteiger partial charge on any atom is 0.0329 e. The van der Waals surface area contributed by atoms with E-state index in [4.69, 9.17) is 5.73 Å². The van der Waals surface area contributed by atoms with Crippen LogP contribution in [-0.2, 0) is 0 Å². The van der Waals surface area contributed by atoms with E-state index in [9.17, 15) is 0 Å². The highest BCUT2D eigenvalue weighted by molar-refractivity contribution is 6.23. The molecule has 0 radical (unpaired) electrons. The molecule has 0 aromatic heterocycles. The monoisotopic (exact) mass is 299 g/mol. The second-order valence-electron chi connectivity index (χ2n) is 7.08. The van der Waals surface area contributed by atoms with Crippen molar-refractivity contribution in [3.05, 3.63) is 60.2 Å². The summed E-state index contributed by atoms with van der Waals surface area (Å²) in [4.78, 5) is 0. The Labute approximate surface area is 136 Å². The van der Waals surface area contributed by atoms with Crippen molar-refractivity contribution in [2.24, 2.45) is 11.7 Å². The molecule has 4 aromatic rings.